The van der Waals surface area contributed by atoms with Crippen molar-refractivity contribution in [3.8, 4) is 5.75 Å². The smallest absolute Gasteiger partial charge is 0.165 e. The molecule has 3 nitrogen and oxygen atoms in total. The van der Waals surface area contributed by atoms with Gasteiger partial charge in [-0.15, -0.1) is 11.3 Å². The van der Waals surface area contributed by atoms with Gasteiger partial charge in [0.1, 0.15) is 0 Å². The standard InChI is InChI=1S/C17H22FNO2S/c1-13-4-6-15(22-13)12-19(8-9-20-2)11-14-5-7-17(21-3)16(18)10-14/h4-7,10H,8-9,11-12H2,1-3H3. The van der Waals surface area contributed by atoms with Gasteiger partial charge in [-0.3, -0.25) is 4.90 Å². The molecule has 1 aromatic carbocycles. The molecule has 0 spiro atoms. The minimum Gasteiger partial charge on any atom is -0.494 e. The summed E-state index contributed by atoms with van der Waals surface area (Å²) in [6, 6.07) is 9.39. The van der Waals surface area contributed by atoms with Gasteiger partial charge in [-0.2, -0.15) is 0 Å². The normalized spacial score (nSPS) is 11.1. The fourth-order valence-electron chi connectivity index (χ4n) is 2.29. The second kappa shape index (κ2) is 8.27. The van der Waals surface area contributed by atoms with E-state index < -0.39 is 0 Å². The van der Waals surface area contributed by atoms with Crippen LogP contribution in [0.3, 0.4) is 0 Å². The molecule has 5 heteroatoms. The number of halogens is 1. The van der Waals surface area contributed by atoms with Crippen molar-refractivity contribution in [1.29, 1.82) is 0 Å². The van der Waals surface area contributed by atoms with E-state index in [0.717, 1.165) is 18.7 Å². The van der Waals surface area contributed by atoms with E-state index in [4.69, 9.17) is 9.47 Å². The van der Waals surface area contributed by atoms with E-state index in [2.05, 4.69) is 24.0 Å². The Morgan fingerprint density at radius 3 is 2.55 bits per heavy atom. The highest BCUT2D eigenvalue weighted by atomic mass is 32.1. The van der Waals surface area contributed by atoms with Crippen LogP contribution in [0.2, 0.25) is 0 Å². The van der Waals surface area contributed by atoms with Gasteiger partial charge in [-0.25, -0.2) is 4.39 Å². The minimum absolute atomic E-state index is 0.279. The summed E-state index contributed by atoms with van der Waals surface area (Å²) in [5.41, 5.74) is 0.933. The largest absolute Gasteiger partial charge is 0.494 e. The fraction of sp³-hybridized carbons (Fsp3) is 0.412. The second-order valence-corrected chi connectivity index (χ2v) is 6.56. The van der Waals surface area contributed by atoms with Crippen molar-refractivity contribution in [2.45, 2.75) is 20.0 Å². The van der Waals surface area contributed by atoms with Gasteiger partial charge < -0.3 is 9.47 Å². The second-order valence-electron chi connectivity index (χ2n) is 5.18. The van der Waals surface area contributed by atoms with Crippen LogP contribution in [0.4, 0.5) is 4.39 Å². The SMILES string of the molecule is COCCN(Cc1ccc(OC)c(F)c1)Cc1ccc(C)s1. The molecule has 0 aliphatic rings. The van der Waals surface area contributed by atoms with E-state index in [1.54, 1.807) is 24.5 Å². The third-order valence-electron chi connectivity index (χ3n) is 3.41. The van der Waals surface area contributed by atoms with Crippen LogP contribution in [-0.4, -0.2) is 32.3 Å². The summed E-state index contributed by atoms with van der Waals surface area (Å²) in [4.78, 5) is 4.87. The molecular weight excluding hydrogens is 301 g/mol. The lowest BCUT2D eigenvalue weighted by atomic mass is 10.2. The number of ether oxygens (including phenoxy) is 2. The van der Waals surface area contributed by atoms with Crippen LogP contribution in [0.1, 0.15) is 15.3 Å². The Balaban J connectivity index is 2.06. The zero-order chi connectivity index (χ0) is 15.9. The average Bonchev–Trinajstić information content (AvgIpc) is 2.90. The number of hydrogen-bond acceptors (Lipinski definition) is 4. The Morgan fingerprint density at radius 2 is 1.95 bits per heavy atom. The van der Waals surface area contributed by atoms with Crippen molar-refractivity contribution in [2.75, 3.05) is 27.4 Å². The van der Waals surface area contributed by atoms with Crippen LogP contribution in [0.5, 0.6) is 5.75 Å². The molecule has 0 atom stereocenters. The number of thiophene rings is 1. The van der Waals surface area contributed by atoms with E-state index >= 15 is 0 Å². The molecule has 0 aliphatic carbocycles. The highest BCUT2D eigenvalue weighted by Gasteiger charge is 2.10. The number of methoxy groups -OCH3 is 2. The van der Waals surface area contributed by atoms with Crippen molar-refractivity contribution >= 4 is 11.3 Å². The molecule has 2 rings (SSSR count). The van der Waals surface area contributed by atoms with Crippen molar-refractivity contribution in [1.82, 2.24) is 4.90 Å². The topological polar surface area (TPSA) is 21.7 Å². The minimum atomic E-state index is -0.321. The zero-order valence-electron chi connectivity index (χ0n) is 13.3. The molecule has 0 unspecified atom stereocenters. The first-order valence-electron chi connectivity index (χ1n) is 7.21. The lowest BCUT2D eigenvalue weighted by Gasteiger charge is -2.21. The Bertz CT molecular complexity index is 600. The van der Waals surface area contributed by atoms with Crippen LogP contribution in [0.15, 0.2) is 30.3 Å². The third kappa shape index (κ3) is 4.80. The first kappa shape index (κ1) is 16.9. The Morgan fingerprint density at radius 1 is 1.14 bits per heavy atom. The van der Waals surface area contributed by atoms with Gasteiger partial charge in [0.2, 0.25) is 0 Å². The number of benzene rings is 1. The third-order valence-corrected chi connectivity index (χ3v) is 4.39. The molecule has 0 radical (unpaired) electrons. The van der Waals surface area contributed by atoms with Gasteiger partial charge in [0.15, 0.2) is 11.6 Å². The molecule has 22 heavy (non-hydrogen) atoms. The van der Waals surface area contributed by atoms with Gasteiger partial charge in [-0.05, 0) is 36.8 Å². The first-order valence-corrected chi connectivity index (χ1v) is 8.03. The van der Waals surface area contributed by atoms with Crippen molar-refractivity contribution in [2.24, 2.45) is 0 Å². The van der Waals surface area contributed by atoms with E-state index in [1.807, 2.05) is 6.07 Å². The molecule has 0 N–H and O–H groups in total. The van der Waals surface area contributed by atoms with Gasteiger partial charge >= 0.3 is 0 Å². The lowest BCUT2D eigenvalue weighted by molar-refractivity contribution is 0.140. The summed E-state index contributed by atoms with van der Waals surface area (Å²) in [5, 5.41) is 0. The van der Waals surface area contributed by atoms with Crippen LogP contribution in [0, 0.1) is 12.7 Å². The Labute approximate surface area is 135 Å². The summed E-state index contributed by atoms with van der Waals surface area (Å²) in [5.74, 6) is -0.0419. The Kier molecular flexibility index (Phi) is 6.36. The molecule has 1 aromatic heterocycles. The summed E-state index contributed by atoms with van der Waals surface area (Å²) in [7, 11) is 3.17. The highest BCUT2D eigenvalue weighted by molar-refractivity contribution is 7.11. The van der Waals surface area contributed by atoms with Gasteiger partial charge in [0, 0.05) is 36.5 Å². The predicted molar refractivity (Wildman–Crippen MR) is 88.0 cm³/mol. The van der Waals surface area contributed by atoms with Crippen molar-refractivity contribution < 1.29 is 13.9 Å². The molecule has 2 aromatic rings. The maximum atomic E-state index is 13.8. The van der Waals surface area contributed by atoms with Gasteiger partial charge in [-0.1, -0.05) is 6.07 Å². The van der Waals surface area contributed by atoms with E-state index in [1.165, 1.54) is 22.9 Å². The van der Waals surface area contributed by atoms with Crippen LogP contribution in [-0.2, 0) is 17.8 Å². The quantitative estimate of drug-likeness (QED) is 0.736. The molecular formula is C17H22FNO2S. The van der Waals surface area contributed by atoms with Gasteiger partial charge in [0.05, 0.1) is 13.7 Å². The van der Waals surface area contributed by atoms with E-state index in [9.17, 15) is 4.39 Å². The molecule has 1 heterocycles. The number of nitrogens with zero attached hydrogens (tertiary/aromatic N) is 1. The molecule has 0 aliphatic heterocycles. The number of aryl methyl sites for hydroxylation is 1. The highest BCUT2D eigenvalue weighted by Crippen LogP contribution is 2.21. The Hall–Kier alpha value is -1.43. The number of rotatable bonds is 8. The monoisotopic (exact) mass is 323 g/mol. The summed E-state index contributed by atoms with van der Waals surface area (Å²) in [6.07, 6.45) is 0. The molecule has 0 saturated heterocycles. The maximum absolute atomic E-state index is 13.8. The fourth-order valence-corrected chi connectivity index (χ4v) is 3.22. The van der Waals surface area contributed by atoms with Gasteiger partial charge in [0.25, 0.3) is 0 Å². The van der Waals surface area contributed by atoms with E-state index in [-0.39, 0.29) is 11.6 Å². The molecule has 0 saturated carbocycles. The first-order chi connectivity index (χ1) is 10.6. The van der Waals surface area contributed by atoms with Crippen LogP contribution in [0.25, 0.3) is 0 Å². The average molecular weight is 323 g/mol. The van der Waals surface area contributed by atoms with Crippen molar-refractivity contribution in [3.63, 3.8) is 0 Å². The molecule has 0 fully saturated rings. The number of hydrogen-bond donors (Lipinski definition) is 0. The van der Waals surface area contributed by atoms with Crippen LogP contribution >= 0.6 is 11.3 Å². The molecule has 0 bridgehead atoms. The predicted octanol–water partition coefficient (Wildman–Crippen LogP) is 3.85. The van der Waals surface area contributed by atoms with E-state index in [0.29, 0.717) is 13.2 Å². The maximum Gasteiger partial charge on any atom is 0.165 e. The van der Waals surface area contributed by atoms with Crippen molar-refractivity contribution in [3.05, 3.63) is 51.5 Å². The van der Waals surface area contributed by atoms with Crippen LogP contribution < -0.4 is 4.74 Å². The summed E-state index contributed by atoms with van der Waals surface area (Å²) < 4.78 is 24.0. The molecule has 120 valence electrons. The lowest BCUT2D eigenvalue weighted by Crippen LogP contribution is -2.26. The zero-order valence-corrected chi connectivity index (χ0v) is 14.1. The summed E-state index contributed by atoms with van der Waals surface area (Å²) >= 11 is 1.79. The molecule has 0 amide bonds. The summed E-state index contributed by atoms with van der Waals surface area (Å²) in [6.45, 7) is 5.09.